The van der Waals surface area contributed by atoms with E-state index in [2.05, 4.69) is 30.4 Å². The van der Waals surface area contributed by atoms with Gasteiger partial charge in [0.05, 0.1) is 0 Å². The van der Waals surface area contributed by atoms with Gasteiger partial charge < -0.3 is 5.32 Å². The molecule has 2 unspecified atom stereocenters. The van der Waals surface area contributed by atoms with Crippen molar-refractivity contribution in [1.29, 1.82) is 0 Å². The summed E-state index contributed by atoms with van der Waals surface area (Å²) in [6.07, 6.45) is 5.33. The summed E-state index contributed by atoms with van der Waals surface area (Å²) < 4.78 is 0. The molecule has 2 aliphatic rings. The van der Waals surface area contributed by atoms with Crippen molar-refractivity contribution in [2.24, 2.45) is 0 Å². The second-order valence-corrected chi connectivity index (χ2v) is 5.44. The van der Waals surface area contributed by atoms with Crippen LogP contribution in [0.5, 0.6) is 0 Å². The topological polar surface area (TPSA) is 12.0 Å². The van der Waals surface area contributed by atoms with E-state index in [9.17, 15) is 0 Å². The van der Waals surface area contributed by atoms with Crippen LogP contribution in [0.4, 0.5) is 0 Å². The van der Waals surface area contributed by atoms with Crippen molar-refractivity contribution in [3.63, 3.8) is 0 Å². The second kappa shape index (κ2) is 4.21. The van der Waals surface area contributed by atoms with Crippen molar-refractivity contribution in [2.45, 2.75) is 44.4 Å². The Morgan fingerprint density at radius 1 is 1.25 bits per heavy atom. The Kier molecular flexibility index (Phi) is 2.72. The SMILES string of the molecule is CC1CCc2ccc(C3CCCNC3)cc21. The zero-order valence-electron chi connectivity index (χ0n) is 10.1. The van der Waals surface area contributed by atoms with Gasteiger partial charge in [0, 0.05) is 6.54 Å². The van der Waals surface area contributed by atoms with Crippen LogP contribution in [-0.2, 0) is 6.42 Å². The first-order valence-corrected chi connectivity index (χ1v) is 6.68. The first kappa shape index (κ1) is 10.3. The average molecular weight is 215 g/mol. The summed E-state index contributed by atoms with van der Waals surface area (Å²) in [5.41, 5.74) is 4.79. The fraction of sp³-hybridized carbons (Fsp3) is 0.600. The Balaban J connectivity index is 1.88. The van der Waals surface area contributed by atoms with E-state index in [1.54, 1.807) is 16.7 Å². The normalized spacial score (nSPS) is 29.1. The maximum Gasteiger partial charge on any atom is 0.00201 e. The lowest BCUT2D eigenvalue weighted by atomic mass is 9.89. The van der Waals surface area contributed by atoms with E-state index >= 15 is 0 Å². The summed E-state index contributed by atoms with van der Waals surface area (Å²) in [6, 6.07) is 7.24. The molecule has 1 aliphatic heterocycles. The van der Waals surface area contributed by atoms with E-state index in [0.717, 1.165) is 11.8 Å². The maximum absolute atomic E-state index is 3.51. The van der Waals surface area contributed by atoms with Gasteiger partial charge in [-0.1, -0.05) is 25.1 Å². The van der Waals surface area contributed by atoms with E-state index in [0.29, 0.717) is 0 Å². The first-order valence-electron chi connectivity index (χ1n) is 6.68. The van der Waals surface area contributed by atoms with Gasteiger partial charge in [-0.3, -0.25) is 0 Å². The monoisotopic (exact) mass is 215 g/mol. The molecule has 0 spiro atoms. The first-order chi connectivity index (χ1) is 7.84. The van der Waals surface area contributed by atoms with Gasteiger partial charge in [0.2, 0.25) is 0 Å². The molecule has 0 bridgehead atoms. The lowest BCUT2D eigenvalue weighted by molar-refractivity contribution is 0.461. The van der Waals surface area contributed by atoms with Gasteiger partial charge in [-0.05, 0) is 60.8 Å². The van der Waals surface area contributed by atoms with Crippen molar-refractivity contribution in [3.05, 3.63) is 34.9 Å². The van der Waals surface area contributed by atoms with Crippen molar-refractivity contribution in [3.8, 4) is 0 Å². The Labute approximate surface area is 98.3 Å². The van der Waals surface area contributed by atoms with E-state index < -0.39 is 0 Å². The summed E-state index contributed by atoms with van der Waals surface area (Å²) >= 11 is 0. The zero-order chi connectivity index (χ0) is 11.0. The molecule has 1 N–H and O–H groups in total. The summed E-state index contributed by atoms with van der Waals surface area (Å²) in [4.78, 5) is 0. The summed E-state index contributed by atoms with van der Waals surface area (Å²) in [5, 5.41) is 3.51. The van der Waals surface area contributed by atoms with Crippen molar-refractivity contribution in [2.75, 3.05) is 13.1 Å². The highest BCUT2D eigenvalue weighted by Gasteiger charge is 2.21. The highest BCUT2D eigenvalue weighted by molar-refractivity contribution is 5.39. The fourth-order valence-electron chi connectivity index (χ4n) is 3.22. The van der Waals surface area contributed by atoms with Crippen LogP contribution in [0.25, 0.3) is 0 Å². The summed E-state index contributed by atoms with van der Waals surface area (Å²) in [6.45, 7) is 4.75. The van der Waals surface area contributed by atoms with E-state index in [1.807, 2.05) is 0 Å². The van der Waals surface area contributed by atoms with Crippen LogP contribution in [0, 0.1) is 0 Å². The second-order valence-electron chi connectivity index (χ2n) is 5.44. The third-order valence-electron chi connectivity index (χ3n) is 4.32. The molecule has 1 fully saturated rings. The van der Waals surface area contributed by atoms with Gasteiger partial charge >= 0.3 is 0 Å². The molecule has 1 aromatic carbocycles. The summed E-state index contributed by atoms with van der Waals surface area (Å²) in [5.74, 6) is 1.54. The molecule has 3 rings (SSSR count). The number of hydrogen-bond acceptors (Lipinski definition) is 1. The largest absolute Gasteiger partial charge is 0.316 e. The average Bonchev–Trinajstić information content (AvgIpc) is 2.72. The van der Waals surface area contributed by atoms with Crippen molar-refractivity contribution < 1.29 is 0 Å². The third kappa shape index (κ3) is 1.78. The molecule has 1 aromatic rings. The van der Waals surface area contributed by atoms with Crippen LogP contribution in [0.1, 0.15) is 54.7 Å². The molecule has 1 nitrogen and oxygen atoms in total. The van der Waals surface area contributed by atoms with E-state index in [-0.39, 0.29) is 0 Å². The van der Waals surface area contributed by atoms with Crippen molar-refractivity contribution >= 4 is 0 Å². The highest BCUT2D eigenvalue weighted by Crippen LogP contribution is 2.35. The molecular formula is C15H21N. The molecule has 0 aromatic heterocycles. The minimum Gasteiger partial charge on any atom is -0.316 e. The molecule has 1 saturated heterocycles. The number of benzene rings is 1. The minimum atomic E-state index is 0.756. The predicted molar refractivity (Wildman–Crippen MR) is 68.0 cm³/mol. The predicted octanol–water partition coefficient (Wildman–Crippen LogP) is 3.20. The van der Waals surface area contributed by atoms with Gasteiger partial charge in [0.1, 0.15) is 0 Å². The van der Waals surface area contributed by atoms with Crippen LogP contribution >= 0.6 is 0 Å². The number of hydrogen-bond donors (Lipinski definition) is 1. The fourth-order valence-corrected chi connectivity index (χ4v) is 3.22. The van der Waals surface area contributed by atoms with Gasteiger partial charge in [0.25, 0.3) is 0 Å². The molecule has 86 valence electrons. The Hall–Kier alpha value is -0.820. The van der Waals surface area contributed by atoms with Crippen LogP contribution < -0.4 is 5.32 Å². The number of aryl methyl sites for hydroxylation is 1. The van der Waals surface area contributed by atoms with Crippen LogP contribution in [0.3, 0.4) is 0 Å². The minimum absolute atomic E-state index is 0.756. The standard InChI is InChI=1S/C15H21N/c1-11-4-5-12-6-7-13(9-15(11)12)14-3-2-8-16-10-14/h6-7,9,11,14,16H,2-5,8,10H2,1H3. The molecule has 0 saturated carbocycles. The number of piperidine rings is 1. The number of rotatable bonds is 1. The lowest BCUT2D eigenvalue weighted by Crippen LogP contribution is -2.28. The van der Waals surface area contributed by atoms with Crippen molar-refractivity contribution in [1.82, 2.24) is 5.32 Å². The molecule has 1 heteroatoms. The van der Waals surface area contributed by atoms with Gasteiger partial charge in [-0.15, -0.1) is 0 Å². The van der Waals surface area contributed by atoms with Crippen LogP contribution in [0.2, 0.25) is 0 Å². The molecule has 0 radical (unpaired) electrons. The highest BCUT2D eigenvalue weighted by atomic mass is 14.9. The smallest absolute Gasteiger partial charge is 0.00201 e. The van der Waals surface area contributed by atoms with Crippen LogP contribution in [-0.4, -0.2) is 13.1 Å². The lowest BCUT2D eigenvalue weighted by Gasteiger charge is -2.24. The molecule has 1 aliphatic carbocycles. The molecule has 16 heavy (non-hydrogen) atoms. The molecular weight excluding hydrogens is 194 g/mol. The Morgan fingerprint density at radius 2 is 2.19 bits per heavy atom. The molecule has 2 atom stereocenters. The Bertz CT molecular complexity index is 377. The van der Waals surface area contributed by atoms with E-state index in [1.165, 1.54) is 38.8 Å². The molecule has 0 amide bonds. The van der Waals surface area contributed by atoms with Gasteiger partial charge in [0.15, 0.2) is 0 Å². The maximum atomic E-state index is 3.51. The van der Waals surface area contributed by atoms with Gasteiger partial charge in [-0.25, -0.2) is 0 Å². The van der Waals surface area contributed by atoms with Gasteiger partial charge in [-0.2, -0.15) is 0 Å². The van der Waals surface area contributed by atoms with Crippen LogP contribution in [0.15, 0.2) is 18.2 Å². The number of nitrogens with one attached hydrogen (secondary N) is 1. The Morgan fingerprint density at radius 3 is 3.00 bits per heavy atom. The molecule has 1 heterocycles. The third-order valence-corrected chi connectivity index (χ3v) is 4.32. The number of fused-ring (bicyclic) bond motifs is 1. The zero-order valence-corrected chi connectivity index (χ0v) is 10.1. The van der Waals surface area contributed by atoms with E-state index in [4.69, 9.17) is 0 Å². The quantitative estimate of drug-likeness (QED) is 0.758. The summed E-state index contributed by atoms with van der Waals surface area (Å²) in [7, 11) is 0.